The van der Waals surface area contributed by atoms with E-state index in [-0.39, 0.29) is 65.2 Å². The van der Waals surface area contributed by atoms with Crippen molar-refractivity contribution in [1.29, 1.82) is 5.26 Å². The molecular formula is C29H29ClF3N11O4. The molecule has 0 spiro atoms. The molecule has 0 radical (unpaired) electrons. The lowest BCUT2D eigenvalue weighted by Crippen LogP contribution is -2.59. The number of hydrogen-bond donors (Lipinski definition) is 4. The van der Waals surface area contributed by atoms with Crippen LogP contribution in [0.4, 0.5) is 24.7 Å². The number of halogens is 4. The first kappa shape index (κ1) is 34.1. The Balaban J connectivity index is 0.00000145. The summed E-state index contributed by atoms with van der Waals surface area (Å²) in [6, 6.07) is 6.77. The quantitative estimate of drug-likeness (QED) is 0.199. The molecule has 0 bridgehead atoms. The van der Waals surface area contributed by atoms with Gasteiger partial charge in [-0.25, -0.2) is 9.97 Å². The van der Waals surface area contributed by atoms with Crippen molar-refractivity contribution in [3.8, 4) is 17.3 Å². The lowest BCUT2D eigenvalue weighted by atomic mass is 10.1. The fourth-order valence-electron chi connectivity index (χ4n) is 5.23. The molecule has 2 fully saturated rings. The topological polar surface area (TPSA) is 186 Å². The third-order valence-electron chi connectivity index (χ3n) is 7.60. The molecule has 0 atom stereocenters. The smallest absolute Gasteiger partial charge is 0.435 e. The number of nitrogens with one attached hydrogen (secondary N) is 3. The Bertz CT molecular complexity index is 1840. The maximum atomic E-state index is 13.7. The minimum absolute atomic E-state index is 0.0260. The normalized spacial score (nSPS) is 15.2. The van der Waals surface area contributed by atoms with E-state index in [9.17, 15) is 22.8 Å². The monoisotopic (exact) mass is 687 g/mol. The van der Waals surface area contributed by atoms with Gasteiger partial charge in [0.25, 0.3) is 12.4 Å². The van der Waals surface area contributed by atoms with Crippen LogP contribution < -0.4 is 16.0 Å². The predicted octanol–water partition coefficient (Wildman–Crippen LogP) is 2.08. The zero-order valence-corrected chi connectivity index (χ0v) is 25.9. The Labute approximate surface area is 275 Å². The summed E-state index contributed by atoms with van der Waals surface area (Å²) in [5, 5.41) is 28.7. The molecule has 0 unspecified atom stereocenters. The molecule has 0 saturated carbocycles. The number of imidazole rings is 1. The zero-order chi connectivity index (χ0) is 34.4. The summed E-state index contributed by atoms with van der Waals surface area (Å²) in [6.07, 6.45) is 0.556. The third kappa shape index (κ3) is 7.65. The molecule has 4 N–H and O–H groups in total. The third-order valence-corrected chi connectivity index (χ3v) is 7.92. The maximum absolute atomic E-state index is 13.7. The van der Waals surface area contributed by atoms with Crippen LogP contribution in [0, 0.1) is 11.3 Å². The number of fused-ring (bicyclic) bond motifs is 1. The standard InChI is InChI=1S/C28H27ClF3N11O2.CH2O2/c29-21-11-17(1-2-19(21)27(45)41-9-7-40(8-10-41)16-23(44)37-18-12-34-13-18)38-25-26-36-14-22(43(26)6-4-35-25)20-15-42(5-3-33)39-24(20)28(30,31)32;2-1-3/h1-2,4,6,11,14-15,18,34H,5,7-10,12-13,16H2,(H,35,38)(H,37,44);1H,(H,2,3). The first-order valence-corrected chi connectivity index (χ1v) is 14.9. The van der Waals surface area contributed by atoms with E-state index < -0.39 is 11.9 Å². The van der Waals surface area contributed by atoms with Crippen LogP contribution >= 0.6 is 11.6 Å². The van der Waals surface area contributed by atoms with Crippen molar-refractivity contribution >= 4 is 47.0 Å². The molecule has 1 aromatic carbocycles. The second-order valence-electron chi connectivity index (χ2n) is 10.8. The van der Waals surface area contributed by atoms with Gasteiger partial charge in [0.2, 0.25) is 5.91 Å². The van der Waals surface area contributed by atoms with Gasteiger partial charge in [0.1, 0.15) is 6.54 Å². The summed E-state index contributed by atoms with van der Waals surface area (Å²) in [4.78, 5) is 46.1. The second kappa shape index (κ2) is 14.7. The van der Waals surface area contributed by atoms with Crippen molar-refractivity contribution in [1.82, 2.24) is 44.6 Å². The largest absolute Gasteiger partial charge is 0.483 e. The summed E-state index contributed by atoms with van der Waals surface area (Å²) in [5.74, 6) is -0.0146. The van der Waals surface area contributed by atoms with Crippen molar-refractivity contribution in [3.05, 3.63) is 59.3 Å². The Morgan fingerprint density at radius 2 is 1.92 bits per heavy atom. The molecule has 6 rings (SSSR count). The Kier molecular flexibility index (Phi) is 10.4. The molecule has 3 aromatic heterocycles. The summed E-state index contributed by atoms with van der Waals surface area (Å²) in [5.41, 5.74) is -0.218. The Morgan fingerprint density at radius 1 is 1.19 bits per heavy atom. The number of rotatable bonds is 8. The van der Waals surface area contributed by atoms with Crippen molar-refractivity contribution in [2.24, 2.45) is 0 Å². The average Bonchev–Trinajstić information content (AvgIpc) is 3.65. The van der Waals surface area contributed by atoms with Gasteiger partial charge in [-0.1, -0.05) is 11.6 Å². The highest BCUT2D eigenvalue weighted by Gasteiger charge is 2.38. The van der Waals surface area contributed by atoms with Crippen LogP contribution in [0.3, 0.4) is 0 Å². The van der Waals surface area contributed by atoms with Crippen LogP contribution in [0.25, 0.3) is 16.9 Å². The number of amides is 2. The van der Waals surface area contributed by atoms with E-state index in [0.29, 0.717) is 37.4 Å². The van der Waals surface area contributed by atoms with E-state index in [0.717, 1.165) is 24.0 Å². The van der Waals surface area contributed by atoms with E-state index in [1.165, 1.54) is 23.0 Å². The van der Waals surface area contributed by atoms with Crippen molar-refractivity contribution in [3.63, 3.8) is 0 Å². The van der Waals surface area contributed by atoms with E-state index in [4.69, 9.17) is 26.8 Å². The van der Waals surface area contributed by atoms with E-state index in [2.05, 4.69) is 31.0 Å². The van der Waals surface area contributed by atoms with Gasteiger partial charge in [0, 0.05) is 63.5 Å². The summed E-state index contributed by atoms with van der Waals surface area (Å²) >= 11 is 6.53. The number of nitrogens with zero attached hydrogens (tertiary/aromatic N) is 8. The van der Waals surface area contributed by atoms with Crippen LogP contribution in [0.5, 0.6) is 0 Å². The average molecular weight is 688 g/mol. The highest BCUT2D eigenvalue weighted by atomic mass is 35.5. The maximum Gasteiger partial charge on any atom is 0.435 e. The van der Waals surface area contributed by atoms with E-state index >= 15 is 0 Å². The van der Waals surface area contributed by atoms with Crippen molar-refractivity contribution in [2.75, 3.05) is 51.1 Å². The van der Waals surface area contributed by atoms with Crippen LogP contribution in [0.15, 0.2) is 43.0 Å². The van der Waals surface area contributed by atoms with Gasteiger partial charge in [0.05, 0.1) is 46.7 Å². The lowest BCUT2D eigenvalue weighted by molar-refractivity contribution is -0.141. The van der Waals surface area contributed by atoms with Gasteiger partial charge < -0.3 is 26.0 Å². The van der Waals surface area contributed by atoms with Gasteiger partial charge in [-0.3, -0.25) is 28.4 Å². The number of nitriles is 1. The Hall–Kier alpha value is -5.25. The summed E-state index contributed by atoms with van der Waals surface area (Å²) in [7, 11) is 0. The highest BCUT2D eigenvalue weighted by molar-refractivity contribution is 6.34. The second-order valence-corrected chi connectivity index (χ2v) is 11.2. The number of hydrogen-bond acceptors (Lipinski definition) is 10. The molecule has 2 amide bonds. The van der Waals surface area contributed by atoms with Gasteiger partial charge in [-0.2, -0.15) is 23.5 Å². The van der Waals surface area contributed by atoms with Crippen LogP contribution in [-0.2, 0) is 22.3 Å². The molecule has 5 heterocycles. The fraction of sp³-hybridized carbons (Fsp3) is 0.345. The first-order valence-electron chi connectivity index (χ1n) is 14.5. The zero-order valence-electron chi connectivity index (χ0n) is 25.1. The van der Waals surface area contributed by atoms with Crippen molar-refractivity contribution < 1.29 is 32.7 Å². The van der Waals surface area contributed by atoms with Gasteiger partial charge >= 0.3 is 6.18 Å². The van der Waals surface area contributed by atoms with Gasteiger partial charge in [-0.05, 0) is 18.2 Å². The first-order chi connectivity index (χ1) is 23.0. The molecular weight excluding hydrogens is 659 g/mol. The van der Waals surface area contributed by atoms with E-state index in [1.54, 1.807) is 29.2 Å². The summed E-state index contributed by atoms with van der Waals surface area (Å²) < 4.78 is 43.6. The molecule has 48 heavy (non-hydrogen) atoms. The number of aromatic nitrogens is 5. The molecule has 2 aliphatic rings. The van der Waals surface area contributed by atoms with E-state index in [1.807, 2.05) is 4.90 Å². The number of carbonyl (C=O) groups excluding carboxylic acids is 2. The SMILES string of the molecule is N#CCn1cc(-c2cnc3c(Nc4ccc(C(=O)N5CCN(CC(=O)NC6CNC6)CC5)c(Cl)c4)nccn23)c(C(F)(F)F)n1.O=CO. The lowest BCUT2D eigenvalue weighted by Gasteiger charge is -2.35. The molecule has 2 aliphatic heterocycles. The minimum Gasteiger partial charge on any atom is -0.483 e. The van der Waals surface area contributed by atoms with Crippen molar-refractivity contribution in [2.45, 2.75) is 18.8 Å². The number of benzene rings is 1. The number of alkyl halides is 3. The predicted molar refractivity (Wildman–Crippen MR) is 165 cm³/mol. The molecule has 2 saturated heterocycles. The molecule has 252 valence electrons. The van der Waals surface area contributed by atoms with Crippen LogP contribution in [-0.4, -0.2) is 109 Å². The number of carboxylic acid groups (broad SMARTS) is 1. The summed E-state index contributed by atoms with van der Waals surface area (Å²) in [6.45, 7) is 3.28. The minimum atomic E-state index is -4.75. The molecule has 0 aliphatic carbocycles. The molecule has 4 aromatic rings. The fourth-order valence-corrected chi connectivity index (χ4v) is 5.49. The van der Waals surface area contributed by atoms with Crippen LogP contribution in [0.2, 0.25) is 5.02 Å². The molecule has 19 heteroatoms. The number of carbonyl (C=O) groups is 3. The number of anilines is 2. The molecule has 15 nitrogen and oxygen atoms in total. The Morgan fingerprint density at radius 3 is 2.54 bits per heavy atom. The van der Waals surface area contributed by atoms with Gasteiger partial charge in [-0.15, -0.1) is 0 Å². The highest BCUT2D eigenvalue weighted by Crippen LogP contribution is 2.37. The number of piperazine rings is 1. The van der Waals surface area contributed by atoms with Gasteiger partial charge in [0.15, 0.2) is 17.2 Å². The van der Waals surface area contributed by atoms with Crippen LogP contribution in [0.1, 0.15) is 16.1 Å².